The minimum atomic E-state index is 0.433. The second-order valence-electron chi connectivity index (χ2n) is 3.21. The van der Waals surface area contributed by atoms with Crippen LogP contribution in [0.1, 0.15) is 20.3 Å². The highest BCUT2D eigenvalue weighted by Crippen LogP contribution is 2.07. The Kier molecular flexibility index (Phi) is 3.16. The summed E-state index contributed by atoms with van der Waals surface area (Å²) in [5, 5.41) is 3.35. The van der Waals surface area contributed by atoms with Crippen LogP contribution in [0.4, 0.5) is 0 Å². The van der Waals surface area contributed by atoms with Gasteiger partial charge < -0.3 is 10.1 Å². The molecule has 60 valence electrons. The van der Waals surface area contributed by atoms with Crippen molar-refractivity contribution >= 4 is 0 Å². The van der Waals surface area contributed by atoms with Crippen molar-refractivity contribution in [3.05, 3.63) is 0 Å². The van der Waals surface area contributed by atoms with E-state index >= 15 is 0 Å². The van der Waals surface area contributed by atoms with Crippen LogP contribution in [-0.4, -0.2) is 25.8 Å². The van der Waals surface area contributed by atoms with Gasteiger partial charge >= 0.3 is 0 Å². The molecule has 1 N–H and O–H groups in total. The van der Waals surface area contributed by atoms with Gasteiger partial charge in [-0.1, -0.05) is 13.8 Å². The number of hydrogen-bond donors (Lipinski definition) is 1. The summed E-state index contributed by atoms with van der Waals surface area (Å²) < 4.78 is 5.60. The van der Waals surface area contributed by atoms with Crippen LogP contribution in [0, 0.1) is 5.92 Å². The van der Waals surface area contributed by atoms with Gasteiger partial charge in [-0.05, 0) is 18.9 Å². The van der Waals surface area contributed by atoms with Crippen molar-refractivity contribution in [3.63, 3.8) is 0 Å². The third kappa shape index (κ3) is 2.27. The maximum atomic E-state index is 5.60. The minimum Gasteiger partial charge on any atom is -0.377 e. The summed E-state index contributed by atoms with van der Waals surface area (Å²) in [4.78, 5) is 0. The maximum Gasteiger partial charge on any atom is 0.0722 e. The van der Waals surface area contributed by atoms with Gasteiger partial charge in [0.25, 0.3) is 0 Å². The van der Waals surface area contributed by atoms with Crippen molar-refractivity contribution in [1.29, 1.82) is 0 Å². The van der Waals surface area contributed by atoms with Gasteiger partial charge in [0.05, 0.1) is 6.10 Å². The first-order chi connectivity index (χ1) is 4.80. The SMILES string of the molecule is CC(C)[C@H]1CNCCCO1. The minimum absolute atomic E-state index is 0.433. The standard InChI is InChI=1S/C8H17NO/c1-7(2)8-6-9-4-3-5-10-8/h7-9H,3-6H2,1-2H3/t8-/m1/s1. The van der Waals surface area contributed by atoms with Crippen LogP contribution < -0.4 is 5.32 Å². The van der Waals surface area contributed by atoms with E-state index in [0.717, 1.165) is 26.1 Å². The molecular formula is C8H17NO. The van der Waals surface area contributed by atoms with Crippen LogP contribution >= 0.6 is 0 Å². The average molecular weight is 143 g/mol. The highest BCUT2D eigenvalue weighted by Gasteiger charge is 2.14. The molecule has 0 aromatic heterocycles. The number of ether oxygens (including phenoxy) is 1. The van der Waals surface area contributed by atoms with Gasteiger partial charge in [0, 0.05) is 13.2 Å². The predicted octanol–water partition coefficient (Wildman–Crippen LogP) is 1.02. The van der Waals surface area contributed by atoms with E-state index in [0.29, 0.717) is 12.0 Å². The summed E-state index contributed by atoms with van der Waals surface area (Å²) in [5.74, 6) is 0.644. The number of nitrogens with one attached hydrogen (secondary N) is 1. The summed E-state index contributed by atoms with van der Waals surface area (Å²) in [5.41, 5.74) is 0. The summed E-state index contributed by atoms with van der Waals surface area (Å²) >= 11 is 0. The van der Waals surface area contributed by atoms with E-state index in [1.54, 1.807) is 0 Å². The lowest BCUT2D eigenvalue weighted by Gasteiger charge is -2.18. The molecule has 1 rings (SSSR count). The van der Waals surface area contributed by atoms with E-state index in [1.807, 2.05) is 0 Å². The van der Waals surface area contributed by atoms with Crippen LogP contribution in [-0.2, 0) is 4.74 Å². The first-order valence-electron chi connectivity index (χ1n) is 4.13. The molecule has 1 atom stereocenters. The molecule has 1 fully saturated rings. The molecular weight excluding hydrogens is 126 g/mol. The molecule has 1 aliphatic heterocycles. The van der Waals surface area contributed by atoms with Crippen LogP contribution in [0.2, 0.25) is 0 Å². The third-order valence-corrected chi connectivity index (χ3v) is 1.92. The van der Waals surface area contributed by atoms with Gasteiger partial charge in [-0.2, -0.15) is 0 Å². The molecule has 0 spiro atoms. The van der Waals surface area contributed by atoms with Crippen molar-refractivity contribution in [3.8, 4) is 0 Å². The van der Waals surface area contributed by atoms with Crippen molar-refractivity contribution < 1.29 is 4.74 Å². The van der Waals surface area contributed by atoms with Gasteiger partial charge in [-0.15, -0.1) is 0 Å². The van der Waals surface area contributed by atoms with Crippen LogP contribution in [0.15, 0.2) is 0 Å². The van der Waals surface area contributed by atoms with E-state index in [-0.39, 0.29) is 0 Å². The summed E-state index contributed by atoms with van der Waals surface area (Å²) in [6, 6.07) is 0. The Bertz CT molecular complexity index is 85.3. The van der Waals surface area contributed by atoms with Crippen LogP contribution in [0.3, 0.4) is 0 Å². The van der Waals surface area contributed by atoms with E-state index in [1.165, 1.54) is 0 Å². The Balaban J connectivity index is 2.28. The maximum absolute atomic E-state index is 5.60. The summed E-state index contributed by atoms with van der Waals surface area (Å²) in [6.45, 7) is 7.48. The average Bonchev–Trinajstić information content (AvgIpc) is 2.12. The summed E-state index contributed by atoms with van der Waals surface area (Å²) in [6.07, 6.45) is 1.59. The normalized spacial score (nSPS) is 28.5. The Labute approximate surface area is 63.0 Å². The Morgan fingerprint density at radius 2 is 2.30 bits per heavy atom. The monoisotopic (exact) mass is 143 g/mol. The zero-order valence-corrected chi connectivity index (χ0v) is 6.89. The lowest BCUT2D eigenvalue weighted by Crippen LogP contribution is -2.30. The molecule has 1 heterocycles. The zero-order valence-electron chi connectivity index (χ0n) is 6.89. The topological polar surface area (TPSA) is 21.3 Å². The van der Waals surface area contributed by atoms with E-state index in [9.17, 15) is 0 Å². The summed E-state index contributed by atoms with van der Waals surface area (Å²) in [7, 11) is 0. The number of rotatable bonds is 1. The first-order valence-corrected chi connectivity index (χ1v) is 4.13. The van der Waals surface area contributed by atoms with E-state index in [2.05, 4.69) is 19.2 Å². The van der Waals surface area contributed by atoms with Crippen molar-refractivity contribution in [2.45, 2.75) is 26.4 Å². The molecule has 0 aromatic carbocycles. The van der Waals surface area contributed by atoms with Gasteiger partial charge in [0.1, 0.15) is 0 Å². The Morgan fingerprint density at radius 3 is 3.00 bits per heavy atom. The van der Waals surface area contributed by atoms with E-state index in [4.69, 9.17) is 4.74 Å². The predicted molar refractivity (Wildman–Crippen MR) is 42.1 cm³/mol. The Morgan fingerprint density at radius 1 is 1.50 bits per heavy atom. The molecule has 0 aliphatic carbocycles. The molecule has 0 bridgehead atoms. The van der Waals surface area contributed by atoms with Gasteiger partial charge in [-0.25, -0.2) is 0 Å². The molecule has 2 heteroatoms. The highest BCUT2D eigenvalue weighted by atomic mass is 16.5. The van der Waals surface area contributed by atoms with Crippen LogP contribution in [0.25, 0.3) is 0 Å². The van der Waals surface area contributed by atoms with Crippen molar-refractivity contribution in [2.75, 3.05) is 19.7 Å². The van der Waals surface area contributed by atoms with Gasteiger partial charge in [0.15, 0.2) is 0 Å². The highest BCUT2D eigenvalue weighted by molar-refractivity contribution is 4.68. The number of hydrogen-bond acceptors (Lipinski definition) is 2. The lowest BCUT2D eigenvalue weighted by atomic mass is 10.1. The second kappa shape index (κ2) is 3.94. The molecule has 0 amide bonds. The van der Waals surface area contributed by atoms with Gasteiger partial charge in [0.2, 0.25) is 0 Å². The molecule has 1 saturated heterocycles. The second-order valence-corrected chi connectivity index (χ2v) is 3.21. The molecule has 0 unspecified atom stereocenters. The third-order valence-electron chi connectivity index (χ3n) is 1.92. The van der Waals surface area contributed by atoms with Crippen molar-refractivity contribution in [2.24, 2.45) is 5.92 Å². The fourth-order valence-electron chi connectivity index (χ4n) is 1.16. The quantitative estimate of drug-likeness (QED) is 0.591. The molecule has 2 nitrogen and oxygen atoms in total. The molecule has 0 saturated carbocycles. The smallest absolute Gasteiger partial charge is 0.0722 e. The largest absolute Gasteiger partial charge is 0.377 e. The molecule has 0 radical (unpaired) electrons. The zero-order chi connectivity index (χ0) is 7.40. The molecule has 10 heavy (non-hydrogen) atoms. The molecule has 1 aliphatic rings. The fourth-order valence-corrected chi connectivity index (χ4v) is 1.16. The Hall–Kier alpha value is -0.0800. The molecule has 0 aromatic rings. The van der Waals surface area contributed by atoms with Crippen LogP contribution in [0.5, 0.6) is 0 Å². The fraction of sp³-hybridized carbons (Fsp3) is 1.00. The first kappa shape index (κ1) is 8.02. The lowest BCUT2D eigenvalue weighted by molar-refractivity contribution is 0.0357. The van der Waals surface area contributed by atoms with Crippen molar-refractivity contribution in [1.82, 2.24) is 5.32 Å². The van der Waals surface area contributed by atoms with E-state index < -0.39 is 0 Å². The van der Waals surface area contributed by atoms with Gasteiger partial charge in [-0.3, -0.25) is 0 Å².